The van der Waals surface area contributed by atoms with Gasteiger partial charge in [0.1, 0.15) is 5.75 Å². The molecule has 0 saturated carbocycles. The van der Waals surface area contributed by atoms with E-state index >= 15 is 0 Å². The van der Waals surface area contributed by atoms with Crippen LogP contribution in [-0.4, -0.2) is 12.1 Å². The molecule has 1 aromatic heterocycles. The van der Waals surface area contributed by atoms with E-state index in [0.717, 1.165) is 11.3 Å². The molecule has 19 heavy (non-hydrogen) atoms. The minimum absolute atomic E-state index is 0.281. The lowest BCUT2D eigenvalue weighted by Crippen LogP contribution is -2.15. The van der Waals surface area contributed by atoms with Gasteiger partial charge < -0.3 is 10.5 Å². The average Bonchev–Trinajstić information content (AvgIpc) is 2.38. The van der Waals surface area contributed by atoms with Crippen LogP contribution in [0.3, 0.4) is 0 Å². The highest BCUT2D eigenvalue weighted by Crippen LogP contribution is 2.25. The number of methoxy groups -OCH3 is 1. The number of nitrogens with two attached hydrogens (primary N) is 1. The number of rotatable bonds is 4. The molecule has 0 aliphatic heterocycles. The van der Waals surface area contributed by atoms with Crippen molar-refractivity contribution in [1.29, 1.82) is 0 Å². The fourth-order valence-corrected chi connectivity index (χ4v) is 2.37. The molecule has 0 radical (unpaired) electrons. The topological polar surface area (TPSA) is 48.1 Å². The number of hydrogen-bond acceptors (Lipinski definition) is 3. The third-order valence-corrected chi connectivity index (χ3v) is 3.29. The van der Waals surface area contributed by atoms with Crippen molar-refractivity contribution < 1.29 is 4.74 Å². The van der Waals surface area contributed by atoms with Crippen LogP contribution in [0.25, 0.3) is 0 Å². The van der Waals surface area contributed by atoms with Gasteiger partial charge in [-0.05, 0) is 30.2 Å². The lowest BCUT2D eigenvalue weighted by molar-refractivity contribution is 0.414. The summed E-state index contributed by atoms with van der Waals surface area (Å²) in [5.74, 6) is 0.805. The van der Waals surface area contributed by atoms with Crippen molar-refractivity contribution in [2.75, 3.05) is 7.11 Å². The molecule has 0 aliphatic carbocycles. The Morgan fingerprint density at radius 3 is 2.79 bits per heavy atom. The molecule has 2 rings (SSSR count). The second-order valence-electron chi connectivity index (χ2n) is 4.18. The first-order valence-electron chi connectivity index (χ1n) is 5.79. The zero-order valence-electron chi connectivity index (χ0n) is 10.4. The summed E-state index contributed by atoms with van der Waals surface area (Å²) in [6, 6.07) is 9.13. The van der Waals surface area contributed by atoms with E-state index in [1.165, 1.54) is 0 Å². The minimum atomic E-state index is -0.281. The molecule has 0 spiro atoms. The first-order chi connectivity index (χ1) is 9.10. The second-order valence-corrected chi connectivity index (χ2v) is 5.03. The quantitative estimate of drug-likeness (QED) is 0.937. The van der Waals surface area contributed by atoms with Crippen LogP contribution >= 0.6 is 23.2 Å². The Morgan fingerprint density at radius 2 is 2.11 bits per heavy atom. The third kappa shape index (κ3) is 3.60. The van der Waals surface area contributed by atoms with Gasteiger partial charge in [-0.1, -0.05) is 35.3 Å². The van der Waals surface area contributed by atoms with Crippen LogP contribution in [0.5, 0.6) is 5.75 Å². The molecule has 1 unspecified atom stereocenters. The molecule has 1 heterocycles. The number of nitrogens with zero attached hydrogens (tertiary/aromatic N) is 1. The van der Waals surface area contributed by atoms with Crippen molar-refractivity contribution in [1.82, 2.24) is 4.98 Å². The maximum Gasteiger partial charge on any atom is 0.119 e. The highest BCUT2D eigenvalue weighted by atomic mass is 35.5. The Balaban J connectivity index is 2.17. The van der Waals surface area contributed by atoms with Gasteiger partial charge in [0.05, 0.1) is 28.9 Å². The molecule has 5 heteroatoms. The first-order valence-corrected chi connectivity index (χ1v) is 6.55. The van der Waals surface area contributed by atoms with E-state index < -0.39 is 0 Å². The van der Waals surface area contributed by atoms with Crippen LogP contribution in [0.15, 0.2) is 36.5 Å². The summed E-state index contributed by atoms with van der Waals surface area (Å²) in [4.78, 5) is 4.20. The summed E-state index contributed by atoms with van der Waals surface area (Å²) >= 11 is 11.9. The van der Waals surface area contributed by atoms with Gasteiger partial charge in [0.15, 0.2) is 0 Å². The molecule has 0 bridgehead atoms. The number of aromatic nitrogens is 1. The maximum atomic E-state index is 6.14. The largest absolute Gasteiger partial charge is 0.497 e. The van der Waals surface area contributed by atoms with Gasteiger partial charge in [-0.2, -0.15) is 0 Å². The SMILES string of the molecule is COc1cccc(CC(N)c2ncc(Cl)cc2Cl)c1. The molecular weight excluding hydrogens is 283 g/mol. The molecule has 1 atom stereocenters. The van der Waals surface area contributed by atoms with E-state index in [1.807, 2.05) is 24.3 Å². The number of ether oxygens (including phenoxy) is 1. The van der Waals surface area contributed by atoms with E-state index in [2.05, 4.69) is 4.98 Å². The van der Waals surface area contributed by atoms with Gasteiger partial charge in [0.25, 0.3) is 0 Å². The summed E-state index contributed by atoms with van der Waals surface area (Å²) in [7, 11) is 1.64. The molecule has 2 N–H and O–H groups in total. The molecule has 0 aliphatic rings. The average molecular weight is 297 g/mol. The molecule has 0 saturated heterocycles. The highest BCUT2D eigenvalue weighted by molar-refractivity contribution is 6.34. The van der Waals surface area contributed by atoms with Crippen LogP contribution in [0.1, 0.15) is 17.3 Å². The van der Waals surface area contributed by atoms with Crippen molar-refractivity contribution in [2.24, 2.45) is 5.73 Å². The van der Waals surface area contributed by atoms with E-state index in [-0.39, 0.29) is 6.04 Å². The summed E-state index contributed by atoms with van der Waals surface area (Å²) in [6.45, 7) is 0. The van der Waals surface area contributed by atoms with Crippen LogP contribution in [0.4, 0.5) is 0 Å². The van der Waals surface area contributed by atoms with Crippen molar-refractivity contribution in [3.63, 3.8) is 0 Å². The number of pyridine rings is 1. The van der Waals surface area contributed by atoms with E-state index in [4.69, 9.17) is 33.7 Å². The number of hydrogen-bond donors (Lipinski definition) is 1. The van der Waals surface area contributed by atoms with Crippen LogP contribution in [0.2, 0.25) is 10.0 Å². The van der Waals surface area contributed by atoms with Crippen molar-refractivity contribution in [3.8, 4) is 5.75 Å². The lowest BCUT2D eigenvalue weighted by atomic mass is 10.0. The van der Waals surface area contributed by atoms with E-state index in [9.17, 15) is 0 Å². The smallest absolute Gasteiger partial charge is 0.119 e. The Kier molecular flexibility index (Phi) is 4.64. The maximum absolute atomic E-state index is 6.14. The minimum Gasteiger partial charge on any atom is -0.497 e. The standard InChI is InChI=1S/C14H14Cl2N2O/c1-19-11-4-2-3-9(5-11)6-13(17)14-12(16)7-10(15)8-18-14/h2-5,7-8,13H,6,17H2,1H3. The number of halogens is 2. The lowest BCUT2D eigenvalue weighted by Gasteiger charge is -2.13. The van der Waals surface area contributed by atoms with Gasteiger partial charge in [-0.15, -0.1) is 0 Å². The van der Waals surface area contributed by atoms with E-state index in [1.54, 1.807) is 19.4 Å². The molecular formula is C14H14Cl2N2O. The zero-order chi connectivity index (χ0) is 13.8. The zero-order valence-corrected chi connectivity index (χ0v) is 11.9. The fraction of sp³-hybridized carbons (Fsp3) is 0.214. The summed E-state index contributed by atoms with van der Waals surface area (Å²) in [5.41, 5.74) is 7.85. The Labute approximate surface area is 122 Å². The Hall–Kier alpha value is -1.29. The molecule has 0 fully saturated rings. The van der Waals surface area contributed by atoms with Gasteiger partial charge >= 0.3 is 0 Å². The van der Waals surface area contributed by atoms with Gasteiger partial charge in [-0.3, -0.25) is 4.98 Å². The van der Waals surface area contributed by atoms with Crippen molar-refractivity contribution >= 4 is 23.2 Å². The molecule has 1 aromatic carbocycles. The van der Waals surface area contributed by atoms with Gasteiger partial charge in [-0.25, -0.2) is 0 Å². The molecule has 2 aromatic rings. The van der Waals surface area contributed by atoms with Gasteiger partial charge in [0.2, 0.25) is 0 Å². The summed E-state index contributed by atoms with van der Waals surface area (Å²) < 4.78 is 5.18. The Morgan fingerprint density at radius 1 is 1.32 bits per heavy atom. The third-order valence-electron chi connectivity index (χ3n) is 2.78. The van der Waals surface area contributed by atoms with Crippen molar-refractivity contribution in [2.45, 2.75) is 12.5 Å². The molecule has 3 nitrogen and oxygen atoms in total. The predicted molar refractivity (Wildman–Crippen MR) is 77.9 cm³/mol. The van der Waals surface area contributed by atoms with Gasteiger partial charge in [0, 0.05) is 6.20 Å². The fourth-order valence-electron chi connectivity index (χ4n) is 1.85. The first kappa shape index (κ1) is 14.1. The summed E-state index contributed by atoms with van der Waals surface area (Å²) in [5, 5.41) is 0.991. The van der Waals surface area contributed by atoms with Crippen molar-refractivity contribution in [3.05, 3.63) is 57.8 Å². The highest BCUT2D eigenvalue weighted by Gasteiger charge is 2.13. The monoisotopic (exact) mass is 296 g/mol. The van der Waals surface area contributed by atoms with Crippen LogP contribution in [0, 0.1) is 0 Å². The predicted octanol–water partition coefficient (Wildman–Crippen LogP) is 3.64. The number of benzene rings is 1. The van der Waals surface area contributed by atoms with Crippen LogP contribution in [-0.2, 0) is 6.42 Å². The Bertz CT molecular complexity index is 575. The normalized spacial score (nSPS) is 12.2. The second kappa shape index (κ2) is 6.24. The summed E-state index contributed by atoms with van der Waals surface area (Å²) in [6.07, 6.45) is 2.18. The molecule has 0 amide bonds. The van der Waals surface area contributed by atoms with Crippen LogP contribution < -0.4 is 10.5 Å². The van der Waals surface area contributed by atoms with E-state index in [0.29, 0.717) is 22.2 Å². The molecule has 100 valence electrons.